The lowest BCUT2D eigenvalue weighted by Crippen LogP contribution is -2.43. The lowest BCUT2D eigenvalue weighted by molar-refractivity contribution is 0.0713. The van der Waals surface area contributed by atoms with E-state index >= 15 is 0 Å². The van der Waals surface area contributed by atoms with E-state index in [2.05, 4.69) is 4.98 Å². The summed E-state index contributed by atoms with van der Waals surface area (Å²) in [7, 11) is 0. The average Bonchev–Trinajstić information content (AvgIpc) is 2.30. The van der Waals surface area contributed by atoms with Crippen molar-refractivity contribution in [1.29, 1.82) is 0 Å². The Bertz CT molecular complexity index is 393. The highest BCUT2D eigenvalue weighted by atomic mass is 35.5. The van der Waals surface area contributed by atoms with E-state index < -0.39 is 0 Å². The summed E-state index contributed by atoms with van der Waals surface area (Å²) in [5, 5.41) is 0. The van der Waals surface area contributed by atoms with E-state index in [4.69, 9.17) is 5.73 Å². The van der Waals surface area contributed by atoms with Crippen LogP contribution in [-0.4, -0.2) is 34.9 Å². The summed E-state index contributed by atoms with van der Waals surface area (Å²) in [4.78, 5) is 18.2. The molecular weight excluding hydrogens is 273 g/mol. The first kappa shape index (κ1) is 17.2. The van der Waals surface area contributed by atoms with E-state index in [0.29, 0.717) is 5.56 Å². The molecule has 0 aromatic carbocycles. The first-order valence-electron chi connectivity index (χ1n) is 5.65. The predicted octanol–water partition coefficient (Wildman–Crippen LogP) is 1.80. The molecule has 1 aliphatic rings. The fraction of sp³-hybridized carbons (Fsp3) is 0.500. The highest BCUT2D eigenvalue weighted by molar-refractivity contribution is 5.95. The molecule has 0 unspecified atom stereocenters. The second-order valence-corrected chi connectivity index (χ2v) is 4.27. The van der Waals surface area contributed by atoms with Crippen molar-refractivity contribution in [3.8, 4) is 0 Å². The molecule has 0 saturated carbocycles. The molecule has 0 aliphatic carbocycles. The topological polar surface area (TPSA) is 59.2 Å². The Hall–Kier alpha value is -0.840. The number of pyridine rings is 1. The maximum Gasteiger partial charge on any atom is 0.255 e. The fourth-order valence-corrected chi connectivity index (χ4v) is 1.98. The maximum absolute atomic E-state index is 12.2. The van der Waals surface area contributed by atoms with Crippen molar-refractivity contribution in [2.75, 3.05) is 13.1 Å². The Labute approximate surface area is 120 Å². The number of aromatic nitrogens is 1. The van der Waals surface area contributed by atoms with Crippen molar-refractivity contribution in [2.45, 2.75) is 25.8 Å². The molecule has 102 valence electrons. The molecule has 1 aliphatic heterocycles. The van der Waals surface area contributed by atoms with Crippen molar-refractivity contribution >= 4 is 30.7 Å². The molecule has 1 aromatic rings. The van der Waals surface area contributed by atoms with Gasteiger partial charge in [-0.05, 0) is 31.9 Å². The van der Waals surface area contributed by atoms with E-state index in [0.717, 1.165) is 31.6 Å². The van der Waals surface area contributed by atoms with Crippen molar-refractivity contribution < 1.29 is 4.79 Å². The molecule has 2 rings (SSSR count). The monoisotopic (exact) mass is 291 g/mol. The van der Waals surface area contributed by atoms with Crippen LogP contribution < -0.4 is 5.73 Å². The summed E-state index contributed by atoms with van der Waals surface area (Å²) in [6.45, 7) is 3.38. The van der Waals surface area contributed by atoms with Gasteiger partial charge in [-0.1, -0.05) is 0 Å². The van der Waals surface area contributed by atoms with Crippen molar-refractivity contribution in [3.63, 3.8) is 0 Å². The minimum atomic E-state index is 0. The number of carbonyl (C=O) groups excluding carboxylic acids is 1. The first-order valence-corrected chi connectivity index (χ1v) is 5.65. The van der Waals surface area contributed by atoms with E-state index in [1.54, 1.807) is 12.3 Å². The second kappa shape index (κ2) is 7.56. The first-order chi connectivity index (χ1) is 7.68. The minimum Gasteiger partial charge on any atom is -0.338 e. The predicted molar refractivity (Wildman–Crippen MR) is 76.6 cm³/mol. The van der Waals surface area contributed by atoms with Crippen LogP contribution in [0.3, 0.4) is 0 Å². The molecule has 18 heavy (non-hydrogen) atoms. The Kier molecular flexibility index (Phi) is 7.21. The molecule has 1 amide bonds. The number of aryl methyl sites for hydroxylation is 1. The number of carbonyl (C=O) groups is 1. The van der Waals surface area contributed by atoms with Gasteiger partial charge < -0.3 is 10.6 Å². The summed E-state index contributed by atoms with van der Waals surface area (Å²) >= 11 is 0. The third-order valence-corrected chi connectivity index (χ3v) is 3.06. The number of halogens is 2. The second-order valence-electron chi connectivity index (χ2n) is 4.27. The molecule has 0 spiro atoms. The van der Waals surface area contributed by atoms with Crippen LogP contribution in [0.25, 0.3) is 0 Å². The molecule has 4 nitrogen and oxygen atoms in total. The Morgan fingerprint density at radius 1 is 1.39 bits per heavy atom. The molecule has 1 aromatic heterocycles. The fourth-order valence-electron chi connectivity index (χ4n) is 1.98. The van der Waals surface area contributed by atoms with Crippen LogP contribution in [0, 0.1) is 6.92 Å². The van der Waals surface area contributed by atoms with Crippen LogP contribution >= 0.6 is 24.8 Å². The van der Waals surface area contributed by atoms with Gasteiger partial charge in [0, 0.05) is 31.0 Å². The van der Waals surface area contributed by atoms with Crippen LogP contribution in [0.1, 0.15) is 28.9 Å². The number of amides is 1. The van der Waals surface area contributed by atoms with Gasteiger partial charge in [0.2, 0.25) is 0 Å². The molecule has 2 heterocycles. The van der Waals surface area contributed by atoms with Gasteiger partial charge in [0.1, 0.15) is 0 Å². The summed E-state index contributed by atoms with van der Waals surface area (Å²) in [6.07, 6.45) is 3.49. The number of rotatable bonds is 1. The lowest BCUT2D eigenvalue weighted by Gasteiger charge is -2.30. The van der Waals surface area contributed by atoms with Crippen molar-refractivity contribution in [1.82, 2.24) is 9.88 Å². The van der Waals surface area contributed by atoms with E-state index in [1.165, 1.54) is 0 Å². The van der Waals surface area contributed by atoms with Gasteiger partial charge in [-0.15, -0.1) is 24.8 Å². The summed E-state index contributed by atoms with van der Waals surface area (Å²) in [5.41, 5.74) is 7.32. The summed E-state index contributed by atoms with van der Waals surface area (Å²) < 4.78 is 0. The highest BCUT2D eigenvalue weighted by Crippen LogP contribution is 2.14. The van der Waals surface area contributed by atoms with Crippen LogP contribution in [-0.2, 0) is 0 Å². The Morgan fingerprint density at radius 3 is 2.56 bits per heavy atom. The lowest BCUT2D eigenvalue weighted by atomic mass is 10.0. The van der Waals surface area contributed by atoms with Gasteiger partial charge in [0.25, 0.3) is 5.91 Å². The molecule has 6 heteroatoms. The largest absolute Gasteiger partial charge is 0.338 e. The van der Waals surface area contributed by atoms with E-state index in [1.807, 2.05) is 17.9 Å². The number of likely N-dealkylation sites (tertiary alicyclic amines) is 1. The molecular formula is C12H19Cl2N3O. The van der Waals surface area contributed by atoms with Gasteiger partial charge in [0.15, 0.2) is 0 Å². The van der Waals surface area contributed by atoms with Gasteiger partial charge >= 0.3 is 0 Å². The zero-order valence-electron chi connectivity index (χ0n) is 10.3. The Balaban J connectivity index is 0.00000144. The van der Waals surface area contributed by atoms with Crippen LogP contribution in [0.5, 0.6) is 0 Å². The molecule has 2 N–H and O–H groups in total. The van der Waals surface area contributed by atoms with Gasteiger partial charge in [-0.2, -0.15) is 0 Å². The van der Waals surface area contributed by atoms with Crippen molar-refractivity contribution in [2.24, 2.45) is 5.73 Å². The van der Waals surface area contributed by atoms with Crippen LogP contribution in [0.15, 0.2) is 18.3 Å². The minimum absolute atomic E-state index is 0. The standard InChI is InChI=1S/C12H17N3O.2ClH/c1-9-11(3-2-6-14-9)12(16)15-7-4-10(13)5-8-15;;/h2-3,6,10H,4-5,7-8,13H2,1H3;2*1H. The molecule has 0 radical (unpaired) electrons. The number of nitrogens with two attached hydrogens (primary N) is 1. The maximum atomic E-state index is 12.2. The highest BCUT2D eigenvalue weighted by Gasteiger charge is 2.22. The van der Waals surface area contributed by atoms with Crippen LogP contribution in [0.4, 0.5) is 0 Å². The summed E-state index contributed by atoms with van der Waals surface area (Å²) in [6, 6.07) is 3.88. The van der Waals surface area contributed by atoms with Gasteiger partial charge in [0.05, 0.1) is 5.56 Å². The van der Waals surface area contributed by atoms with E-state index in [9.17, 15) is 4.79 Å². The van der Waals surface area contributed by atoms with Crippen LogP contribution in [0.2, 0.25) is 0 Å². The molecule has 0 bridgehead atoms. The smallest absolute Gasteiger partial charge is 0.255 e. The molecule has 1 fully saturated rings. The number of nitrogens with zero attached hydrogens (tertiary/aromatic N) is 2. The van der Waals surface area contributed by atoms with Gasteiger partial charge in [-0.3, -0.25) is 9.78 Å². The quantitative estimate of drug-likeness (QED) is 0.858. The van der Waals surface area contributed by atoms with E-state index in [-0.39, 0.29) is 36.8 Å². The normalized spacial score (nSPS) is 15.6. The molecule has 1 saturated heterocycles. The number of hydrogen-bond donors (Lipinski definition) is 1. The number of piperidine rings is 1. The molecule has 0 atom stereocenters. The summed E-state index contributed by atoms with van der Waals surface area (Å²) in [5.74, 6) is 0.0810. The van der Waals surface area contributed by atoms with Crippen molar-refractivity contribution in [3.05, 3.63) is 29.6 Å². The van der Waals surface area contributed by atoms with Gasteiger partial charge in [-0.25, -0.2) is 0 Å². The third-order valence-electron chi connectivity index (χ3n) is 3.06. The SMILES string of the molecule is Cc1ncccc1C(=O)N1CCC(N)CC1.Cl.Cl. The zero-order chi connectivity index (χ0) is 11.5. The average molecular weight is 292 g/mol. The zero-order valence-corrected chi connectivity index (χ0v) is 12.0. The number of hydrogen-bond acceptors (Lipinski definition) is 3. The third kappa shape index (κ3) is 3.83. The Morgan fingerprint density at radius 2 is 2.00 bits per heavy atom.